The SMILES string of the molecule is COc1cc(OC)cc(C(=O)N2CCC[C@@H]2c2nc3cc(-c4ccccc4)ccc3o2)c1. The van der Waals surface area contributed by atoms with Crippen molar-refractivity contribution in [3.05, 3.63) is 78.2 Å². The highest BCUT2D eigenvalue weighted by Gasteiger charge is 2.34. The third-order valence-corrected chi connectivity index (χ3v) is 5.91. The minimum Gasteiger partial charge on any atom is -0.497 e. The van der Waals surface area contributed by atoms with E-state index in [0.717, 1.165) is 35.1 Å². The Balaban J connectivity index is 1.46. The Morgan fingerprint density at radius 1 is 0.969 bits per heavy atom. The first-order valence-corrected chi connectivity index (χ1v) is 10.7. The third-order valence-electron chi connectivity index (χ3n) is 5.91. The fraction of sp³-hybridized carbons (Fsp3) is 0.231. The summed E-state index contributed by atoms with van der Waals surface area (Å²) in [4.78, 5) is 20.0. The molecule has 2 heterocycles. The lowest BCUT2D eigenvalue weighted by Crippen LogP contribution is -2.30. The molecule has 5 rings (SSSR count). The summed E-state index contributed by atoms with van der Waals surface area (Å²) in [5.74, 6) is 1.65. The average Bonchev–Trinajstić information content (AvgIpc) is 3.50. The Morgan fingerprint density at radius 3 is 2.44 bits per heavy atom. The van der Waals surface area contributed by atoms with Crippen molar-refractivity contribution < 1.29 is 18.7 Å². The molecule has 6 heteroatoms. The molecular weight excluding hydrogens is 404 g/mol. The molecule has 1 saturated heterocycles. The van der Waals surface area contributed by atoms with Gasteiger partial charge in [0.2, 0.25) is 5.89 Å². The first-order valence-electron chi connectivity index (χ1n) is 10.7. The van der Waals surface area contributed by atoms with E-state index in [1.54, 1.807) is 32.4 Å². The smallest absolute Gasteiger partial charge is 0.254 e. The molecule has 0 radical (unpaired) electrons. The number of aromatic nitrogens is 1. The maximum atomic E-state index is 13.4. The van der Waals surface area contributed by atoms with E-state index in [9.17, 15) is 4.79 Å². The number of nitrogens with zero attached hydrogens (tertiary/aromatic N) is 2. The van der Waals surface area contributed by atoms with Crippen molar-refractivity contribution >= 4 is 17.0 Å². The van der Waals surface area contributed by atoms with E-state index in [1.807, 2.05) is 41.3 Å². The van der Waals surface area contributed by atoms with Crippen molar-refractivity contribution in [1.29, 1.82) is 0 Å². The van der Waals surface area contributed by atoms with Crippen molar-refractivity contribution in [2.75, 3.05) is 20.8 Å². The van der Waals surface area contributed by atoms with Crippen molar-refractivity contribution in [1.82, 2.24) is 9.88 Å². The molecule has 1 amide bonds. The molecule has 162 valence electrons. The number of carbonyl (C=O) groups is 1. The number of methoxy groups -OCH3 is 2. The molecule has 0 N–H and O–H groups in total. The van der Waals surface area contributed by atoms with Crippen LogP contribution in [0.3, 0.4) is 0 Å². The standard InChI is InChI=1S/C26H24N2O4/c1-30-20-13-19(14-21(16-20)31-2)26(29)28-12-6-9-23(28)25-27-22-15-18(10-11-24(22)32-25)17-7-4-3-5-8-17/h3-5,7-8,10-11,13-16,23H,6,9,12H2,1-2H3/t23-/m1/s1. The fourth-order valence-corrected chi connectivity index (χ4v) is 4.26. The van der Waals surface area contributed by atoms with Crippen LogP contribution in [0.25, 0.3) is 22.2 Å². The highest BCUT2D eigenvalue weighted by atomic mass is 16.5. The molecule has 1 aliphatic rings. The van der Waals surface area contributed by atoms with Crippen LogP contribution < -0.4 is 9.47 Å². The summed E-state index contributed by atoms with van der Waals surface area (Å²) in [5.41, 5.74) is 4.26. The summed E-state index contributed by atoms with van der Waals surface area (Å²) >= 11 is 0. The molecule has 0 unspecified atom stereocenters. The van der Waals surface area contributed by atoms with Gasteiger partial charge in [-0.15, -0.1) is 0 Å². The maximum Gasteiger partial charge on any atom is 0.254 e. The summed E-state index contributed by atoms with van der Waals surface area (Å²) in [6.07, 6.45) is 1.71. The highest BCUT2D eigenvalue weighted by molar-refractivity contribution is 5.95. The van der Waals surface area contributed by atoms with Crippen LogP contribution in [-0.2, 0) is 0 Å². The fourth-order valence-electron chi connectivity index (χ4n) is 4.26. The zero-order valence-electron chi connectivity index (χ0n) is 18.1. The molecule has 1 aliphatic heterocycles. The van der Waals surface area contributed by atoms with Gasteiger partial charge in [-0.05, 0) is 48.2 Å². The van der Waals surface area contributed by atoms with Gasteiger partial charge in [0.15, 0.2) is 5.58 Å². The Hall–Kier alpha value is -3.80. The summed E-state index contributed by atoms with van der Waals surface area (Å²) in [7, 11) is 3.15. The molecule has 1 atom stereocenters. The minimum absolute atomic E-state index is 0.0862. The van der Waals surface area contributed by atoms with E-state index in [4.69, 9.17) is 18.9 Å². The number of oxazole rings is 1. The number of likely N-dealkylation sites (tertiary alicyclic amines) is 1. The average molecular weight is 428 g/mol. The molecule has 1 fully saturated rings. The number of rotatable bonds is 5. The second kappa shape index (κ2) is 8.38. The van der Waals surface area contributed by atoms with Crippen molar-refractivity contribution in [2.45, 2.75) is 18.9 Å². The molecule has 0 spiro atoms. The second-order valence-electron chi connectivity index (χ2n) is 7.86. The van der Waals surface area contributed by atoms with Crippen molar-refractivity contribution in [3.8, 4) is 22.6 Å². The normalized spacial score (nSPS) is 15.8. The largest absolute Gasteiger partial charge is 0.497 e. The quantitative estimate of drug-likeness (QED) is 0.421. The van der Waals surface area contributed by atoms with Gasteiger partial charge in [-0.2, -0.15) is 0 Å². The van der Waals surface area contributed by atoms with E-state index >= 15 is 0 Å². The van der Waals surface area contributed by atoms with Gasteiger partial charge in [-0.3, -0.25) is 4.79 Å². The second-order valence-corrected chi connectivity index (χ2v) is 7.86. The Kier molecular flexibility index (Phi) is 5.27. The Bertz CT molecular complexity index is 1240. The Morgan fingerprint density at radius 2 is 1.72 bits per heavy atom. The van der Waals surface area contributed by atoms with Gasteiger partial charge in [0, 0.05) is 18.2 Å². The molecule has 1 aromatic heterocycles. The monoisotopic (exact) mass is 428 g/mol. The lowest BCUT2D eigenvalue weighted by atomic mass is 10.1. The minimum atomic E-state index is -0.202. The summed E-state index contributed by atoms with van der Waals surface area (Å²) in [5, 5.41) is 0. The molecule has 0 bridgehead atoms. The zero-order chi connectivity index (χ0) is 22.1. The van der Waals surface area contributed by atoms with Gasteiger partial charge >= 0.3 is 0 Å². The van der Waals surface area contributed by atoms with Crippen molar-refractivity contribution in [2.24, 2.45) is 0 Å². The van der Waals surface area contributed by atoms with E-state index in [0.29, 0.717) is 29.5 Å². The molecule has 0 aliphatic carbocycles. The number of hydrogen-bond acceptors (Lipinski definition) is 5. The van der Waals surface area contributed by atoms with Crippen LogP contribution in [0.15, 0.2) is 71.1 Å². The first-order chi connectivity index (χ1) is 15.7. The van der Waals surface area contributed by atoms with E-state index < -0.39 is 0 Å². The van der Waals surface area contributed by atoms with E-state index in [2.05, 4.69) is 12.1 Å². The third kappa shape index (κ3) is 3.68. The van der Waals surface area contributed by atoms with Crippen LogP contribution in [-0.4, -0.2) is 36.6 Å². The number of benzene rings is 3. The molecule has 32 heavy (non-hydrogen) atoms. The van der Waals surface area contributed by atoms with Crippen LogP contribution in [0.5, 0.6) is 11.5 Å². The van der Waals surface area contributed by atoms with Crippen LogP contribution in [0.1, 0.15) is 35.1 Å². The molecule has 3 aromatic carbocycles. The highest BCUT2D eigenvalue weighted by Crippen LogP contribution is 2.36. The van der Waals surface area contributed by atoms with Gasteiger partial charge in [0.25, 0.3) is 5.91 Å². The molecular formula is C26H24N2O4. The number of amides is 1. The predicted octanol–water partition coefficient (Wildman–Crippen LogP) is 5.49. The maximum absolute atomic E-state index is 13.4. The van der Waals surface area contributed by atoms with Crippen LogP contribution >= 0.6 is 0 Å². The summed E-state index contributed by atoms with van der Waals surface area (Å²) < 4.78 is 16.7. The predicted molar refractivity (Wildman–Crippen MR) is 122 cm³/mol. The van der Waals surface area contributed by atoms with Crippen LogP contribution in [0, 0.1) is 0 Å². The van der Waals surface area contributed by atoms with E-state index in [-0.39, 0.29) is 11.9 Å². The first kappa shape index (κ1) is 20.1. The lowest BCUT2D eigenvalue weighted by molar-refractivity contribution is 0.0716. The number of ether oxygens (including phenoxy) is 2. The van der Waals surface area contributed by atoms with Crippen molar-refractivity contribution in [3.63, 3.8) is 0 Å². The van der Waals surface area contributed by atoms with Gasteiger partial charge in [-0.25, -0.2) is 4.98 Å². The number of hydrogen-bond donors (Lipinski definition) is 0. The summed E-state index contributed by atoms with van der Waals surface area (Å²) in [6, 6.07) is 21.2. The number of fused-ring (bicyclic) bond motifs is 1. The van der Waals surface area contributed by atoms with Gasteiger partial charge in [-0.1, -0.05) is 36.4 Å². The molecule has 0 saturated carbocycles. The van der Waals surface area contributed by atoms with Gasteiger partial charge < -0.3 is 18.8 Å². The van der Waals surface area contributed by atoms with E-state index in [1.165, 1.54) is 0 Å². The van der Waals surface area contributed by atoms with Gasteiger partial charge in [0.05, 0.1) is 14.2 Å². The topological polar surface area (TPSA) is 64.8 Å². The zero-order valence-corrected chi connectivity index (χ0v) is 18.1. The van der Waals surface area contributed by atoms with Crippen LogP contribution in [0.4, 0.5) is 0 Å². The summed E-state index contributed by atoms with van der Waals surface area (Å²) in [6.45, 7) is 0.650. The number of carbonyl (C=O) groups excluding carboxylic acids is 1. The lowest BCUT2D eigenvalue weighted by Gasteiger charge is -2.22. The van der Waals surface area contributed by atoms with Gasteiger partial charge in [0.1, 0.15) is 23.1 Å². The molecule has 4 aromatic rings. The molecule has 6 nitrogen and oxygen atoms in total. The van der Waals surface area contributed by atoms with Crippen LogP contribution in [0.2, 0.25) is 0 Å². The Labute approximate surface area is 186 Å².